The molecule has 2 rings (SSSR count). The van der Waals surface area contributed by atoms with Crippen LogP contribution in [0, 0.1) is 19.7 Å². The van der Waals surface area contributed by atoms with Crippen molar-refractivity contribution in [2.75, 3.05) is 7.05 Å². The summed E-state index contributed by atoms with van der Waals surface area (Å²) in [6.45, 7) is 4.73. The van der Waals surface area contributed by atoms with Gasteiger partial charge in [-0.3, -0.25) is 0 Å². The van der Waals surface area contributed by atoms with Gasteiger partial charge >= 0.3 is 0 Å². The van der Waals surface area contributed by atoms with Crippen LogP contribution >= 0.6 is 11.8 Å². The Balaban J connectivity index is 2.13. The zero-order chi connectivity index (χ0) is 14.5. The second-order valence-corrected chi connectivity index (χ2v) is 5.56. The summed E-state index contributed by atoms with van der Waals surface area (Å²) in [7, 11) is 1.90. The number of aryl methyl sites for hydroxylation is 2. The Kier molecular flexibility index (Phi) is 5.09. The minimum absolute atomic E-state index is 0.197. The van der Waals surface area contributed by atoms with Crippen molar-refractivity contribution in [3.05, 3.63) is 52.9 Å². The third-order valence-corrected chi connectivity index (χ3v) is 4.06. The molecule has 20 heavy (non-hydrogen) atoms. The van der Waals surface area contributed by atoms with Crippen LogP contribution in [0.3, 0.4) is 0 Å². The van der Waals surface area contributed by atoms with Gasteiger partial charge in [0.15, 0.2) is 0 Å². The smallest absolute Gasteiger partial charge is 0.139 e. The molecule has 0 aliphatic rings. The van der Waals surface area contributed by atoms with Crippen molar-refractivity contribution in [3.8, 4) is 0 Å². The number of hydrogen-bond donors (Lipinski definition) is 1. The zero-order valence-electron chi connectivity index (χ0n) is 11.9. The molecule has 1 aromatic heterocycles. The maximum atomic E-state index is 13.5. The molecule has 1 heterocycles. The molecule has 0 amide bonds. The second kappa shape index (κ2) is 6.81. The highest BCUT2D eigenvalue weighted by atomic mass is 32.2. The van der Waals surface area contributed by atoms with E-state index < -0.39 is 0 Å². The van der Waals surface area contributed by atoms with Gasteiger partial charge < -0.3 is 5.32 Å². The molecule has 0 radical (unpaired) electrons. The number of rotatable bonds is 5. The van der Waals surface area contributed by atoms with Gasteiger partial charge in [0.1, 0.15) is 11.6 Å². The average molecular weight is 291 g/mol. The molecule has 3 nitrogen and oxygen atoms in total. The Morgan fingerprint density at radius 1 is 1.15 bits per heavy atom. The number of thioether (sulfide) groups is 1. The number of aromatic nitrogens is 2. The van der Waals surface area contributed by atoms with Crippen molar-refractivity contribution in [1.29, 1.82) is 0 Å². The van der Waals surface area contributed by atoms with Gasteiger partial charge in [-0.25, -0.2) is 14.4 Å². The monoisotopic (exact) mass is 291 g/mol. The van der Waals surface area contributed by atoms with Crippen LogP contribution in [0.2, 0.25) is 0 Å². The number of hydrogen-bond acceptors (Lipinski definition) is 4. The Morgan fingerprint density at radius 2 is 1.80 bits per heavy atom. The lowest BCUT2D eigenvalue weighted by molar-refractivity contribution is 0.602. The Morgan fingerprint density at radius 3 is 2.40 bits per heavy atom. The van der Waals surface area contributed by atoms with Gasteiger partial charge in [0.25, 0.3) is 0 Å². The lowest BCUT2D eigenvalue weighted by atomic mass is 10.1. The molecule has 0 aliphatic heterocycles. The maximum absolute atomic E-state index is 13.5. The highest BCUT2D eigenvalue weighted by Gasteiger charge is 2.09. The highest BCUT2D eigenvalue weighted by Crippen LogP contribution is 2.24. The summed E-state index contributed by atoms with van der Waals surface area (Å²) in [6, 6.07) is 6.76. The van der Waals surface area contributed by atoms with Gasteiger partial charge in [0, 0.05) is 28.4 Å². The minimum atomic E-state index is -0.197. The maximum Gasteiger partial charge on any atom is 0.139 e. The molecule has 5 heteroatoms. The molecule has 0 atom stereocenters. The van der Waals surface area contributed by atoms with Gasteiger partial charge in [-0.05, 0) is 33.0 Å². The van der Waals surface area contributed by atoms with E-state index in [2.05, 4.69) is 15.3 Å². The first-order valence-corrected chi connectivity index (χ1v) is 7.45. The van der Waals surface area contributed by atoms with E-state index in [0.717, 1.165) is 29.3 Å². The molecule has 0 saturated heterocycles. The average Bonchev–Trinajstić information content (AvgIpc) is 2.42. The van der Waals surface area contributed by atoms with Crippen molar-refractivity contribution < 1.29 is 4.39 Å². The van der Waals surface area contributed by atoms with Crippen molar-refractivity contribution in [2.24, 2.45) is 0 Å². The van der Waals surface area contributed by atoms with Crippen molar-refractivity contribution in [3.63, 3.8) is 0 Å². The third-order valence-electron chi connectivity index (χ3n) is 3.01. The molecule has 106 valence electrons. The fourth-order valence-corrected chi connectivity index (χ4v) is 2.80. The molecule has 0 unspecified atom stereocenters. The standard InChI is InChI=1S/C15H18FN3S/c1-10-12(8-17-3)11(2)19-15(18-10)9-20-14-7-5-4-6-13(14)16/h4-7,17H,8-9H2,1-3H3. The van der Waals surface area contributed by atoms with E-state index in [1.54, 1.807) is 12.1 Å². The summed E-state index contributed by atoms with van der Waals surface area (Å²) in [4.78, 5) is 9.64. The van der Waals surface area contributed by atoms with Gasteiger partial charge in [0.05, 0.1) is 5.75 Å². The molecular formula is C15H18FN3S. The van der Waals surface area contributed by atoms with Crippen LogP contribution in [0.15, 0.2) is 29.2 Å². The van der Waals surface area contributed by atoms with Crippen molar-refractivity contribution in [2.45, 2.75) is 31.0 Å². The minimum Gasteiger partial charge on any atom is -0.316 e. The molecule has 0 spiro atoms. The quantitative estimate of drug-likeness (QED) is 0.858. The fourth-order valence-electron chi connectivity index (χ4n) is 2.01. The second-order valence-electron chi connectivity index (χ2n) is 4.54. The van der Waals surface area contributed by atoms with Crippen LogP contribution in [0.1, 0.15) is 22.8 Å². The summed E-state index contributed by atoms with van der Waals surface area (Å²) >= 11 is 1.42. The third kappa shape index (κ3) is 3.55. The molecule has 0 aliphatic carbocycles. The van der Waals surface area contributed by atoms with E-state index in [1.165, 1.54) is 17.8 Å². The van der Waals surface area contributed by atoms with E-state index >= 15 is 0 Å². The number of nitrogens with one attached hydrogen (secondary N) is 1. The Hall–Kier alpha value is -1.46. The number of benzene rings is 1. The van der Waals surface area contributed by atoms with Crippen LogP contribution in [0.5, 0.6) is 0 Å². The van der Waals surface area contributed by atoms with E-state index in [9.17, 15) is 4.39 Å². The fraction of sp³-hybridized carbons (Fsp3) is 0.333. The predicted octanol–water partition coefficient (Wildman–Crippen LogP) is 3.24. The van der Waals surface area contributed by atoms with E-state index in [4.69, 9.17) is 0 Å². The van der Waals surface area contributed by atoms with Gasteiger partial charge in [-0.1, -0.05) is 12.1 Å². The topological polar surface area (TPSA) is 37.8 Å². The summed E-state index contributed by atoms with van der Waals surface area (Å²) in [5, 5.41) is 3.12. The summed E-state index contributed by atoms with van der Waals surface area (Å²) in [5.41, 5.74) is 3.10. The van der Waals surface area contributed by atoms with Gasteiger partial charge in [-0.2, -0.15) is 0 Å². The van der Waals surface area contributed by atoms with E-state index in [0.29, 0.717) is 10.6 Å². The Bertz CT molecular complexity index is 578. The van der Waals surface area contributed by atoms with Crippen LogP contribution in [0.4, 0.5) is 4.39 Å². The molecule has 1 N–H and O–H groups in total. The van der Waals surface area contributed by atoms with Crippen molar-refractivity contribution in [1.82, 2.24) is 15.3 Å². The summed E-state index contributed by atoms with van der Waals surface area (Å²) in [5.74, 6) is 1.12. The first-order valence-electron chi connectivity index (χ1n) is 6.46. The number of halogens is 1. The van der Waals surface area contributed by atoms with Crippen LogP contribution in [-0.4, -0.2) is 17.0 Å². The van der Waals surface area contributed by atoms with E-state index in [1.807, 2.05) is 27.0 Å². The van der Waals surface area contributed by atoms with Gasteiger partial charge in [0.2, 0.25) is 0 Å². The van der Waals surface area contributed by atoms with Gasteiger partial charge in [-0.15, -0.1) is 11.8 Å². The van der Waals surface area contributed by atoms with Crippen LogP contribution in [0.25, 0.3) is 0 Å². The first-order chi connectivity index (χ1) is 9.61. The molecule has 0 bridgehead atoms. The molecule has 2 aromatic rings. The van der Waals surface area contributed by atoms with Crippen LogP contribution < -0.4 is 5.32 Å². The van der Waals surface area contributed by atoms with Crippen molar-refractivity contribution >= 4 is 11.8 Å². The molecule has 1 aromatic carbocycles. The first kappa shape index (κ1) is 14.9. The molecular weight excluding hydrogens is 273 g/mol. The lowest BCUT2D eigenvalue weighted by Gasteiger charge is -2.10. The lowest BCUT2D eigenvalue weighted by Crippen LogP contribution is -2.12. The molecule has 0 fully saturated rings. The number of nitrogens with zero attached hydrogens (tertiary/aromatic N) is 2. The van der Waals surface area contributed by atoms with E-state index in [-0.39, 0.29) is 5.82 Å². The molecule has 0 saturated carbocycles. The summed E-state index contributed by atoms with van der Waals surface area (Å²) < 4.78 is 13.5. The highest BCUT2D eigenvalue weighted by molar-refractivity contribution is 7.98. The summed E-state index contributed by atoms with van der Waals surface area (Å²) in [6.07, 6.45) is 0. The largest absolute Gasteiger partial charge is 0.316 e. The predicted molar refractivity (Wildman–Crippen MR) is 80.2 cm³/mol. The Labute approximate surface area is 123 Å². The SMILES string of the molecule is CNCc1c(C)nc(CSc2ccccc2F)nc1C. The zero-order valence-corrected chi connectivity index (χ0v) is 12.7. The van der Waals surface area contributed by atoms with Crippen LogP contribution in [-0.2, 0) is 12.3 Å². The normalized spacial score (nSPS) is 10.8.